The molecule has 3 N–H and O–H groups in total. The first-order valence-electron chi connectivity index (χ1n) is 8.70. The van der Waals surface area contributed by atoms with Crippen LogP contribution in [0.5, 0.6) is 0 Å². The van der Waals surface area contributed by atoms with Crippen molar-refractivity contribution >= 4 is 33.3 Å². The number of carbonyl (C=O) groups is 1. The number of carbonyl (C=O) groups excluding carboxylic acids is 1. The van der Waals surface area contributed by atoms with Crippen LogP contribution in [0.4, 0.5) is 10.5 Å². The van der Waals surface area contributed by atoms with Gasteiger partial charge in [0.2, 0.25) is 10.0 Å². The fourth-order valence-corrected chi connectivity index (χ4v) is 4.03. The topological polar surface area (TPSA) is 98.7 Å². The van der Waals surface area contributed by atoms with Crippen LogP contribution in [0.25, 0.3) is 0 Å². The molecule has 0 radical (unpaired) electrons. The smallest absolute Gasteiger partial charge is 0.319 e. The van der Waals surface area contributed by atoms with Gasteiger partial charge in [-0.3, -0.25) is 0 Å². The molecule has 9 heteroatoms. The Morgan fingerprint density at radius 3 is 2.27 bits per heavy atom. The normalized spacial score (nSPS) is 12.3. The molecular formula is C17H28ClN3O4S. The molecule has 0 unspecified atom stereocenters. The van der Waals surface area contributed by atoms with Crippen LogP contribution in [0, 0.1) is 0 Å². The Bertz CT molecular complexity index is 717. The van der Waals surface area contributed by atoms with Gasteiger partial charge in [-0.2, -0.15) is 4.31 Å². The van der Waals surface area contributed by atoms with Crippen molar-refractivity contribution in [3.05, 3.63) is 23.2 Å². The molecule has 7 nitrogen and oxygen atoms in total. The van der Waals surface area contributed by atoms with Crippen molar-refractivity contribution < 1.29 is 18.3 Å². The first kappa shape index (κ1) is 22.7. The molecule has 0 fully saturated rings. The summed E-state index contributed by atoms with van der Waals surface area (Å²) in [7, 11) is -3.66. The zero-order valence-corrected chi connectivity index (χ0v) is 17.2. The number of nitrogens with one attached hydrogen (secondary N) is 2. The zero-order valence-electron chi connectivity index (χ0n) is 15.7. The molecule has 0 saturated carbocycles. The van der Waals surface area contributed by atoms with Gasteiger partial charge in [-0.05, 0) is 31.0 Å². The highest BCUT2D eigenvalue weighted by molar-refractivity contribution is 7.89. The van der Waals surface area contributed by atoms with Gasteiger partial charge in [0, 0.05) is 19.6 Å². The van der Waals surface area contributed by atoms with Gasteiger partial charge in [0.05, 0.1) is 21.2 Å². The summed E-state index contributed by atoms with van der Waals surface area (Å²) < 4.78 is 26.5. The molecule has 1 aromatic carbocycles. The van der Waals surface area contributed by atoms with Crippen molar-refractivity contribution in [2.45, 2.75) is 51.0 Å². The SMILES string of the molecule is CCN(CC)S(=O)(=O)c1ccc(Cl)c(NC(=O)NCC(O)(CC)CC)c1. The minimum Gasteiger partial charge on any atom is -0.388 e. The van der Waals surface area contributed by atoms with Gasteiger partial charge in [0.25, 0.3) is 0 Å². The fraction of sp³-hybridized carbons (Fsp3) is 0.588. The van der Waals surface area contributed by atoms with Gasteiger partial charge in [-0.15, -0.1) is 0 Å². The van der Waals surface area contributed by atoms with E-state index in [0.29, 0.717) is 25.9 Å². The van der Waals surface area contributed by atoms with Crippen LogP contribution < -0.4 is 10.6 Å². The quantitative estimate of drug-likeness (QED) is 0.588. The fourth-order valence-electron chi connectivity index (χ4n) is 2.38. The van der Waals surface area contributed by atoms with E-state index in [0.717, 1.165) is 0 Å². The van der Waals surface area contributed by atoms with Crippen molar-refractivity contribution in [2.75, 3.05) is 25.0 Å². The summed E-state index contributed by atoms with van der Waals surface area (Å²) in [4.78, 5) is 12.2. The number of aliphatic hydroxyl groups is 1. The summed E-state index contributed by atoms with van der Waals surface area (Å²) in [5.41, 5.74) is -0.788. The average Bonchev–Trinajstić information content (AvgIpc) is 2.62. The lowest BCUT2D eigenvalue weighted by molar-refractivity contribution is 0.0354. The monoisotopic (exact) mass is 405 g/mol. The third-order valence-corrected chi connectivity index (χ3v) is 6.80. The van der Waals surface area contributed by atoms with E-state index in [1.165, 1.54) is 22.5 Å². The third-order valence-electron chi connectivity index (χ3n) is 4.42. The van der Waals surface area contributed by atoms with Crippen molar-refractivity contribution in [3.8, 4) is 0 Å². The Morgan fingerprint density at radius 2 is 1.77 bits per heavy atom. The highest BCUT2D eigenvalue weighted by Gasteiger charge is 2.24. The number of urea groups is 1. The number of halogens is 1. The highest BCUT2D eigenvalue weighted by Crippen LogP contribution is 2.27. The van der Waals surface area contributed by atoms with Crippen LogP contribution in [0.3, 0.4) is 0 Å². The molecule has 2 amide bonds. The highest BCUT2D eigenvalue weighted by atomic mass is 35.5. The molecule has 0 saturated heterocycles. The molecule has 148 valence electrons. The van der Waals surface area contributed by atoms with Crippen molar-refractivity contribution in [2.24, 2.45) is 0 Å². The molecule has 1 aromatic rings. The van der Waals surface area contributed by atoms with Gasteiger partial charge in [-0.25, -0.2) is 13.2 Å². The van der Waals surface area contributed by atoms with Crippen LogP contribution in [0.1, 0.15) is 40.5 Å². The number of rotatable bonds is 9. The minimum absolute atomic E-state index is 0.0551. The molecule has 0 spiro atoms. The van der Waals surface area contributed by atoms with E-state index in [4.69, 9.17) is 11.6 Å². The Kier molecular flexibility index (Phi) is 8.33. The molecule has 0 atom stereocenters. The van der Waals surface area contributed by atoms with Crippen LogP contribution in [-0.4, -0.2) is 49.1 Å². The number of hydrogen-bond acceptors (Lipinski definition) is 4. The second kappa shape index (κ2) is 9.55. The summed E-state index contributed by atoms with van der Waals surface area (Å²) >= 11 is 6.08. The minimum atomic E-state index is -3.66. The summed E-state index contributed by atoms with van der Waals surface area (Å²) in [6.07, 6.45) is 1.00. The maximum Gasteiger partial charge on any atom is 0.319 e. The van der Waals surface area contributed by atoms with E-state index >= 15 is 0 Å². The number of sulfonamides is 1. The van der Waals surface area contributed by atoms with E-state index in [1.54, 1.807) is 13.8 Å². The second-order valence-corrected chi connectivity index (χ2v) is 8.32. The average molecular weight is 406 g/mol. The molecule has 0 aromatic heterocycles. The first-order chi connectivity index (χ1) is 12.1. The van der Waals surface area contributed by atoms with Crippen LogP contribution in [0.15, 0.2) is 23.1 Å². The zero-order chi connectivity index (χ0) is 20.0. The summed E-state index contributed by atoms with van der Waals surface area (Å²) in [5.74, 6) is 0. The van der Waals surface area contributed by atoms with Crippen molar-refractivity contribution in [3.63, 3.8) is 0 Å². The number of nitrogens with zero attached hydrogens (tertiary/aromatic N) is 1. The third kappa shape index (κ3) is 5.57. The van der Waals surface area contributed by atoms with E-state index in [-0.39, 0.29) is 22.2 Å². The largest absolute Gasteiger partial charge is 0.388 e. The van der Waals surface area contributed by atoms with E-state index in [2.05, 4.69) is 10.6 Å². The number of anilines is 1. The second-order valence-electron chi connectivity index (χ2n) is 5.97. The first-order valence-corrected chi connectivity index (χ1v) is 10.5. The summed E-state index contributed by atoms with van der Waals surface area (Å²) in [6.45, 7) is 7.96. The predicted octanol–water partition coefficient (Wildman–Crippen LogP) is 3.04. The van der Waals surface area contributed by atoms with E-state index in [1.807, 2.05) is 13.8 Å². The maximum atomic E-state index is 12.6. The number of amides is 2. The van der Waals surface area contributed by atoms with Gasteiger partial charge in [-0.1, -0.05) is 39.3 Å². The molecule has 0 bridgehead atoms. The lowest BCUT2D eigenvalue weighted by Gasteiger charge is -2.25. The van der Waals surface area contributed by atoms with Crippen molar-refractivity contribution in [1.29, 1.82) is 0 Å². The molecule has 26 heavy (non-hydrogen) atoms. The maximum absolute atomic E-state index is 12.6. The Morgan fingerprint density at radius 1 is 1.19 bits per heavy atom. The lowest BCUT2D eigenvalue weighted by atomic mass is 9.98. The molecule has 1 rings (SSSR count). The lowest BCUT2D eigenvalue weighted by Crippen LogP contribution is -2.43. The molecular weight excluding hydrogens is 378 g/mol. The Hall–Kier alpha value is -1.35. The van der Waals surface area contributed by atoms with Crippen LogP contribution in [-0.2, 0) is 10.0 Å². The van der Waals surface area contributed by atoms with Crippen LogP contribution in [0.2, 0.25) is 5.02 Å². The molecule has 0 aliphatic carbocycles. The predicted molar refractivity (Wildman–Crippen MR) is 104 cm³/mol. The number of benzene rings is 1. The molecule has 0 heterocycles. The Balaban J connectivity index is 2.96. The Labute approximate surface area is 160 Å². The van der Waals surface area contributed by atoms with Gasteiger partial charge < -0.3 is 15.7 Å². The van der Waals surface area contributed by atoms with Gasteiger partial charge in [0.15, 0.2) is 0 Å². The van der Waals surface area contributed by atoms with Crippen LogP contribution >= 0.6 is 11.6 Å². The van der Waals surface area contributed by atoms with Gasteiger partial charge in [0.1, 0.15) is 0 Å². The number of hydrogen-bond donors (Lipinski definition) is 3. The van der Waals surface area contributed by atoms with E-state index < -0.39 is 21.7 Å². The summed E-state index contributed by atoms with van der Waals surface area (Å²) in [5, 5.41) is 15.6. The van der Waals surface area contributed by atoms with Gasteiger partial charge >= 0.3 is 6.03 Å². The molecule has 0 aliphatic rings. The standard InChI is InChI=1S/C17H28ClN3O4S/c1-5-17(23,6-2)12-19-16(22)20-15-11-13(9-10-14(15)18)26(24,25)21(7-3)8-4/h9-11,23H,5-8,12H2,1-4H3,(H2,19,20,22). The molecule has 0 aliphatic heterocycles. The van der Waals surface area contributed by atoms with Crippen molar-refractivity contribution in [1.82, 2.24) is 9.62 Å². The van der Waals surface area contributed by atoms with E-state index in [9.17, 15) is 18.3 Å². The summed E-state index contributed by atoms with van der Waals surface area (Å²) in [6, 6.07) is 3.61.